The standard InChI is InChI=1S/C13H15ClN2O2/c1-16-6-5-15-13(16)4-7-18-12-3-2-11(14)8-10(12)9-17/h2-3,5-6,8,17H,4,7,9H2,1H3. The van der Waals surface area contributed by atoms with Crippen molar-refractivity contribution in [2.45, 2.75) is 13.0 Å². The van der Waals surface area contributed by atoms with E-state index in [4.69, 9.17) is 16.3 Å². The van der Waals surface area contributed by atoms with Gasteiger partial charge in [0.1, 0.15) is 11.6 Å². The van der Waals surface area contributed by atoms with Gasteiger partial charge in [-0.05, 0) is 18.2 Å². The van der Waals surface area contributed by atoms with Crippen molar-refractivity contribution in [3.05, 3.63) is 47.0 Å². The molecule has 0 atom stereocenters. The molecule has 2 aromatic rings. The van der Waals surface area contributed by atoms with Gasteiger partial charge in [-0.15, -0.1) is 0 Å². The molecule has 18 heavy (non-hydrogen) atoms. The monoisotopic (exact) mass is 266 g/mol. The van der Waals surface area contributed by atoms with Crippen molar-refractivity contribution in [1.82, 2.24) is 9.55 Å². The van der Waals surface area contributed by atoms with Crippen molar-refractivity contribution in [2.24, 2.45) is 7.05 Å². The zero-order valence-corrected chi connectivity index (χ0v) is 10.9. The highest BCUT2D eigenvalue weighted by Crippen LogP contribution is 2.22. The number of imidazole rings is 1. The van der Waals surface area contributed by atoms with E-state index in [1.807, 2.05) is 17.8 Å². The molecule has 0 fully saturated rings. The van der Waals surface area contributed by atoms with E-state index < -0.39 is 0 Å². The van der Waals surface area contributed by atoms with Gasteiger partial charge in [-0.25, -0.2) is 4.98 Å². The first kappa shape index (κ1) is 12.9. The predicted octanol–water partition coefficient (Wildman–Crippen LogP) is 2.19. The average molecular weight is 267 g/mol. The molecule has 1 N–H and O–H groups in total. The van der Waals surface area contributed by atoms with E-state index in [9.17, 15) is 5.11 Å². The minimum absolute atomic E-state index is 0.0850. The van der Waals surface area contributed by atoms with Crippen molar-refractivity contribution in [2.75, 3.05) is 6.61 Å². The summed E-state index contributed by atoms with van der Waals surface area (Å²) in [6, 6.07) is 5.22. The first-order valence-electron chi connectivity index (χ1n) is 5.69. The summed E-state index contributed by atoms with van der Waals surface area (Å²) in [7, 11) is 1.95. The summed E-state index contributed by atoms with van der Waals surface area (Å²) in [5.74, 6) is 1.63. The van der Waals surface area contributed by atoms with E-state index in [1.54, 1.807) is 24.4 Å². The maximum atomic E-state index is 9.22. The van der Waals surface area contributed by atoms with Gasteiger partial charge in [0.2, 0.25) is 0 Å². The van der Waals surface area contributed by atoms with Gasteiger partial charge in [-0.3, -0.25) is 0 Å². The van der Waals surface area contributed by atoms with Crippen LogP contribution in [0.25, 0.3) is 0 Å². The number of benzene rings is 1. The van der Waals surface area contributed by atoms with Crippen LogP contribution in [0.5, 0.6) is 5.75 Å². The van der Waals surface area contributed by atoms with E-state index >= 15 is 0 Å². The second-order valence-electron chi connectivity index (χ2n) is 3.96. The number of rotatable bonds is 5. The van der Waals surface area contributed by atoms with Crippen LogP contribution in [0.2, 0.25) is 5.02 Å². The predicted molar refractivity (Wildman–Crippen MR) is 69.8 cm³/mol. The molecule has 0 aliphatic rings. The van der Waals surface area contributed by atoms with Crippen molar-refractivity contribution >= 4 is 11.6 Å². The van der Waals surface area contributed by atoms with Crippen LogP contribution in [0.15, 0.2) is 30.6 Å². The fourth-order valence-corrected chi connectivity index (χ4v) is 1.90. The molecule has 5 heteroatoms. The van der Waals surface area contributed by atoms with E-state index in [0.717, 1.165) is 12.2 Å². The van der Waals surface area contributed by atoms with Crippen LogP contribution < -0.4 is 4.74 Å². The Morgan fingerprint density at radius 3 is 2.94 bits per heavy atom. The Hall–Kier alpha value is -1.52. The van der Waals surface area contributed by atoms with E-state index in [-0.39, 0.29) is 6.61 Å². The summed E-state index contributed by atoms with van der Waals surface area (Å²) in [5, 5.41) is 9.81. The van der Waals surface area contributed by atoms with Crippen LogP contribution in [-0.2, 0) is 20.1 Å². The van der Waals surface area contributed by atoms with Gasteiger partial charge in [0.15, 0.2) is 0 Å². The van der Waals surface area contributed by atoms with E-state index in [1.165, 1.54) is 0 Å². The SMILES string of the molecule is Cn1ccnc1CCOc1ccc(Cl)cc1CO. The van der Waals surface area contributed by atoms with E-state index in [0.29, 0.717) is 22.9 Å². The third kappa shape index (κ3) is 3.03. The third-order valence-corrected chi connectivity index (χ3v) is 2.93. The van der Waals surface area contributed by atoms with Gasteiger partial charge in [-0.2, -0.15) is 0 Å². The summed E-state index contributed by atoms with van der Waals surface area (Å²) < 4.78 is 7.60. The van der Waals surface area contributed by atoms with Gasteiger partial charge in [-0.1, -0.05) is 11.6 Å². The second-order valence-corrected chi connectivity index (χ2v) is 4.40. The lowest BCUT2D eigenvalue weighted by atomic mass is 10.2. The number of aromatic nitrogens is 2. The molecule has 2 rings (SSSR count). The Labute approximate surface area is 111 Å². The lowest BCUT2D eigenvalue weighted by molar-refractivity contribution is 0.263. The van der Waals surface area contributed by atoms with Crippen molar-refractivity contribution < 1.29 is 9.84 Å². The summed E-state index contributed by atoms with van der Waals surface area (Å²) in [4.78, 5) is 4.22. The Bertz CT molecular complexity index is 525. The fraction of sp³-hybridized carbons (Fsp3) is 0.308. The van der Waals surface area contributed by atoms with Crippen molar-refractivity contribution in [3.63, 3.8) is 0 Å². The minimum Gasteiger partial charge on any atom is -0.493 e. The zero-order valence-electron chi connectivity index (χ0n) is 10.1. The Morgan fingerprint density at radius 1 is 1.44 bits per heavy atom. The molecule has 0 saturated heterocycles. The third-order valence-electron chi connectivity index (χ3n) is 2.70. The maximum absolute atomic E-state index is 9.22. The normalized spacial score (nSPS) is 10.6. The molecule has 1 heterocycles. The highest BCUT2D eigenvalue weighted by atomic mass is 35.5. The first-order chi connectivity index (χ1) is 8.70. The summed E-state index contributed by atoms with van der Waals surface area (Å²) >= 11 is 5.85. The minimum atomic E-state index is -0.0850. The molecule has 0 saturated carbocycles. The summed E-state index contributed by atoms with van der Waals surface area (Å²) in [5.41, 5.74) is 0.697. The molecule has 96 valence electrons. The van der Waals surface area contributed by atoms with Crippen LogP contribution >= 0.6 is 11.6 Å². The van der Waals surface area contributed by atoms with Crippen LogP contribution in [0.3, 0.4) is 0 Å². The Kier molecular flexibility index (Phi) is 4.23. The van der Waals surface area contributed by atoms with Crippen LogP contribution in [0.4, 0.5) is 0 Å². The highest BCUT2D eigenvalue weighted by Gasteiger charge is 2.05. The Balaban J connectivity index is 1.96. The number of aliphatic hydroxyl groups is 1. The second kappa shape index (κ2) is 5.89. The number of halogens is 1. The molecule has 0 aliphatic carbocycles. The molecular weight excluding hydrogens is 252 g/mol. The number of hydrogen-bond acceptors (Lipinski definition) is 3. The largest absolute Gasteiger partial charge is 0.493 e. The van der Waals surface area contributed by atoms with Gasteiger partial charge < -0.3 is 14.4 Å². The maximum Gasteiger partial charge on any atom is 0.124 e. The number of ether oxygens (including phenoxy) is 1. The van der Waals surface area contributed by atoms with Crippen LogP contribution in [-0.4, -0.2) is 21.3 Å². The first-order valence-corrected chi connectivity index (χ1v) is 6.07. The molecule has 1 aromatic carbocycles. The number of hydrogen-bond donors (Lipinski definition) is 1. The summed E-state index contributed by atoms with van der Waals surface area (Å²) in [6.45, 7) is 0.428. The van der Waals surface area contributed by atoms with Gasteiger partial charge in [0.25, 0.3) is 0 Å². The average Bonchev–Trinajstić information content (AvgIpc) is 2.77. The molecule has 0 aliphatic heterocycles. The van der Waals surface area contributed by atoms with Crippen molar-refractivity contribution in [3.8, 4) is 5.75 Å². The van der Waals surface area contributed by atoms with Crippen molar-refractivity contribution in [1.29, 1.82) is 0 Å². The molecule has 4 nitrogen and oxygen atoms in total. The van der Waals surface area contributed by atoms with Crippen LogP contribution in [0.1, 0.15) is 11.4 Å². The van der Waals surface area contributed by atoms with Crippen LogP contribution in [0, 0.1) is 0 Å². The molecular formula is C13H15ClN2O2. The fourth-order valence-electron chi connectivity index (χ4n) is 1.70. The zero-order chi connectivity index (χ0) is 13.0. The number of aliphatic hydroxyl groups excluding tert-OH is 1. The smallest absolute Gasteiger partial charge is 0.124 e. The van der Waals surface area contributed by atoms with Gasteiger partial charge in [0.05, 0.1) is 13.2 Å². The quantitative estimate of drug-likeness (QED) is 0.902. The number of aryl methyl sites for hydroxylation is 1. The lowest BCUT2D eigenvalue weighted by Gasteiger charge is -2.10. The lowest BCUT2D eigenvalue weighted by Crippen LogP contribution is -2.07. The van der Waals surface area contributed by atoms with E-state index in [2.05, 4.69) is 4.98 Å². The molecule has 1 aromatic heterocycles. The van der Waals surface area contributed by atoms with Gasteiger partial charge >= 0.3 is 0 Å². The highest BCUT2D eigenvalue weighted by molar-refractivity contribution is 6.30. The topological polar surface area (TPSA) is 47.3 Å². The summed E-state index contributed by atoms with van der Waals surface area (Å²) in [6.07, 6.45) is 4.38. The molecule has 0 amide bonds. The molecule has 0 radical (unpaired) electrons. The Morgan fingerprint density at radius 2 is 2.28 bits per heavy atom. The van der Waals surface area contributed by atoms with Gasteiger partial charge in [0, 0.05) is 36.4 Å². The molecule has 0 spiro atoms. The molecule has 0 unspecified atom stereocenters. The molecule has 0 bridgehead atoms. The number of nitrogens with zero attached hydrogens (tertiary/aromatic N) is 2.